The van der Waals surface area contributed by atoms with Gasteiger partial charge in [0.2, 0.25) is 0 Å². The van der Waals surface area contributed by atoms with Gasteiger partial charge in [-0.1, -0.05) is 12.1 Å². The summed E-state index contributed by atoms with van der Waals surface area (Å²) in [6.07, 6.45) is 0.750. The molecule has 0 amide bonds. The van der Waals surface area contributed by atoms with E-state index in [0.717, 1.165) is 31.0 Å². The lowest BCUT2D eigenvalue weighted by Crippen LogP contribution is -2.48. The first-order chi connectivity index (χ1) is 9.69. The maximum atomic E-state index is 8.62. The Balaban J connectivity index is 1.76. The number of nitrogens with zero attached hydrogens (tertiary/aromatic N) is 2. The number of hydrogen-bond donors (Lipinski definition) is 0. The third-order valence-corrected chi connectivity index (χ3v) is 3.59. The Labute approximate surface area is 120 Å². The van der Waals surface area contributed by atoms with Gasteiger partial charge in [0.15, 0.2) is 0 Å². The van der Waals surface area contributed by atoms with Crippen LogP contribution in [-0.2, 0) is 11.2 Å². The van der Waals surface area contributed by atoms with Crippen LogP contribution in [0.4, 0.5) is 0 Å². The average Bonchev–Trinajstić information content (AvgIpc) is 2.45. The molecule has 1 aromatic carbocycles. The summed E-state index contributed by atoms with van der Waals surface area (Å²) in [4.78, 5) is 2.40. The summed E-state index contributed by atoms with van der Waals surface area (Å²) in [6, 6.07) is 10.3. The van der Waals surface area contributed by atoms with E-state index in [-0.39, 0.29) is 0 Å². The summed E-state index contributed by atoms with van der Waals surface area (Å²) in [5.74, 6) is 0.862. The van der Waals surface area contributed by atoms with Gasteiger partial charge in [-0.15, -0.1) is 0 Å². The molecule has 1 heterocycles. The van der Waals surface area contributed by atoms with Crippen LogP contribution in [0.2, 0.25) is 0 Å². The standard InChI is InChI=1S/C16H22N2O2/c1-13-12-20-14(2)11-18(13)9-10-19-16-5-3-15(4-6-16)7-8-17/h3-6,13-14H,7,9-12H2,1-2H3. The van der Waals surface area contributed by atoms with Gasteiger partial charge in [-0.25, -0.2) is 0 Å². The third-order valence-electron chi connectivity index (χ3n) is 3.59. The first-order valence-corrected chi connectivity index (χ1v) is 7.13. The van der Waals surface area contributed by atoms with Crippen LogP contribution >= 0.6 is 0 Å². The largest absolute Gasteiger partial charge is 0.492 e. The Bertz CT molecular complexity index is 453. The minimum absolute atomic E-state index is 0.302. The van der Waals surface area contributed by atoms with Crippen molar-refractivity contribution in [2.45, 2.75) is 32.4 Å². The van der Waals surface area contributed by atoms with Crippen LogP contribution in [0.15, 0.2) is 24.3 Å². The molecule has 0 saturated carbocycles. The molecule has 0 aromatic heterocycles. The predicted octanol–water partition coefficient (Wildman–Crippen LogP) is 2.24. The van der Waals surface area contributed by atoms with Crippen molar-refractivity contribution in [3.8, 4) is 11.8 Å². The van der Waals surface area contributed by atoms with E-state index >= 15 is 0 Å². The summed E-state index contributed by atoms with van der Waals surface area (Å²) < 4.78 is 11.4. The Morgan fingerprint density at radius 3 is 2.80 bits per heavy atom. The molecule has 0 N–H and O–H groups in total. The molecule has 1 saturated heterocycles. The molecule has 1 aliphatic heterocycles. The van der Waals surface area contributed by atoms with Crippen LogP contribution in [-0.4, -0.2) is 43.3 Å². The molecule has 2 atom stereocenters. The lowest BCUT2D eigenvalue weighted by molar-refractivity contribution is -0.0522. The summed E-state index contributed by atoms with van der Waals surface area (Å²) in [5.41, 5.74) is 1.02. The molecule has 108 valence electrons. The van der Waals surface area contributed by atoms with Gasteiger partial charge in [-0.05, 0) is 31.5 Å². The molecule has 2 unspecified atom stereocenters. The van der Waals surface area contributed by atoms with E-state index < -0.39 is 0 Å². The second-order valence-corrected chi connectivity index (χ2v) is 5.32. The van der Waals surface area contributed by atoms with Gasteiger partial charge in [0, 0.05) is 19.1 Å². The Morgan fingerprint density at radius 1 is 1.35 bits per heavy atom. The number of ether oxygens (including phenoxy) is 2. The number of hydrogen-bond acceptors (Lipinski definition) is 4. The minimum Gasteiger partial charge on any atom is -0.492 e. The van der Waals surface area contributed by atoms with Crippen LogP contribution in [0.1, 0.15) is 19.4 Å². The van der Waals surface area contributed by atoms with Crippen molar-refractivity contribution >= 4 is 0 Å². The molecule has 0 aliphatic carbocycles. The van der Waals surface area contributed by atoms with Gasteiger partial charge in [0.25, 0.3) is 0 Å². The third kappa shape index (κ3) is 4.22. The van der Waals surface area contributed by atoms with Gasteiger partial charge in [-0.2, -0.15) is 5.26 Å². The molecule has 0 radical (unpaired) electrons. The lowest BCUT2D eigenvalue weighted by Gasteiger charge is -2.36. The maximum Gasteiger partial charge on any atom is 0.119 e. The number of morpholine rings is 1. The Morgan fingerprint density at radius 2 is 2.10 bits per heavy atom. The highest BCUT2D eigenvalue weighted by molar-refractivity contribution is 5.28. The van der Waals surface area contributed by atoms with Crippen molar-refractivity contribution < 1.29 is 9.47 Å². The second-order valence-electron chi connectivity index (χ2n) is 5.32. The van der Waals surface area contributed by atoms with E-state index in [0.29, 0.717) is 25.2 Å². The molecule has 1 aromatic rings. The normalized spacial score (nSPS) is 23.2. The zero-order valence-electron chi connectivity index (χ0n) is 12.2. The highest BCUT2D eigenvalue weighted by atomic mass is 16.5. The van der Waals surface area contributed by atoms with E-state index in [2.05, 4.69) is 24.8 Å². The average molecular weight is 274 g/mol. The molecule has 0 spiro atoms. The van der Waals surface area contributed by atoms with Gasteiger partial charge < -0.3 is 9.47 Å². The van der Waals surface area contributed by atoms with E-state index in [9.17, 15) is 0 Å². The zero-order valence-corrected chi connectivity index (χ0v) is 12.2. The molecule has 2 rings (SSSR count). The van der Waals surface area contributed by atoms with Crippen LogP contribution in [0.5, 0.6) is 5.75 Å². The number of rotatable bonds is 5. The summed E-state index contributed by atoms with van der Waals surface area (Å²) in [5, 5.41) is 8.62. The fraction of sp³-hybridized carbons (Fsp3) is 0.562. The fourth-order valence-corrected chi connectivity index (χ4v) is 2.36. The molecule has 4 nitrogen and oxygen atoms in total. The van der Waals surface area contributed by atoms with E-state index in [1.54, 1.807) is 0 Å². The zero-order chi connectivity index (χ0) is 14.4. The predicted molar refractivity (Wildman–Crippen MR) is 77.7 cm³/mol. The summed E-state index contributed by atoms with van der Waals surface area (Å²) in [7, 11) is 0. The summed E-state index contributed by atoms with van der Waals surface area (Å²) in [6.45, 7) is 7.63. The van der Waals surface area contributed by atoms with Crippen molar-refractivity contribution in [3.05, 3.63) is 29.8 Å². The van der Waals surface area contributed by atoms with Crippen molar-refractivity contribution in [2.24, 2.45) is 0 Å². The maximum absolute atomic E-state index is 8.62. The molecule has 20 heavy (non-hydrogen) atoms. The molecule has 0 bridgehead atoms. The molecule has 1 aliphatic rings. The summed E-state index contributed by atoms with van der Waals surface area (Å²) >= 11 is 0. The van der Waals surface area contributed by atoms with Crippen LogP contribution in [0.25, 0.3) is 0 Å². The van der Waals surface area contributed by atoms with Gasteiger partial charge in [0.1, 0.15) is 12.4 Å². The second kappa shape index (κ2) is 7.28. The van der Waals surface area contributed by atoms with Crippen molar-refractivity contribution in [3.63, 3.8) is 0 Å². The molecular weight excluding hydrogens is 252 g/mol. The quantitative estimate of drug-likeness (QED) is 0.826. The van der Waals surface area contributed by atoms with Crippen LogP contribution in [0.3, 0.4) is 0 Å². The molecule has 4 heteroatoms. The minimum atomic E-state index is 0.302. The fourth-order valence-electron chi connectivity index (χ4n) is 2.36. The topological polar surface area (TPSA) is 45.5 Å². The first-order valence-electron chi connectivity index (χ1n) is 7.13. The van der Waals surface area contributed by atoms with Crippen molar-refractivity contribution in [2.75, 3.05) is 26.3 Å². The van der Waals surface area contributed by atoms with Crippen LogP contribution < -0.4 is 4.74 Å². The molecular formula is C16H22N2O2. The van der Waals surface area contributed by atoms with Gasteiger partial charge >= 0.3 is 0 Å². The number of nitriles is 1. The molecule has 1 fully saturated rings. The SMILES string of the molecule is CC1CN(CCOc2ccc(CC#N)cc2)C(C)CO1. The highest BCUT2D eigenvalue weighted by Gasteiger charge is 2.22. The van der Waals surface area contributed by atoms with Crippen molar-refractivity contribution in [1.29, 1.82) is 5.26 Å². The Hall–Kier alpha value is -1.57. The Kier molecular flexibility index (Phi) is 5.40. The monoisotopic (exact) mass is 274 g/mol. The van der Waals surface area contributed by atoms with Crippen molar-refractivity contribution in [1.82, 2.24) is 4.90 Å². The number of benzene rings is 1. The van der Waals surface area contributed by atoms with Gasteiger partial charge in [-0.3, -0.25) is 4.90 Å². The first kappa shape index (κ1) is 14.8. The van der Waals surface area contributed by atoms with E-state index in [4.69, 9.17) is 14.7 Å². The van der Waals surface area contributed by atoms with E-state index in [1.807, 2.05) is 24.3 Å². The lowest BCUT2D eigenvalue weighted by atomic mass is 10.2. The van der Waals surface area contributed by atoms with Crippen LogP contribution in [0, 0.1) is 11.3 Å². The van der Waals surface area contributed by atoms with E-state index in [1.165, 1.54) is 0 Å². The van der Waals surface area contributed by atoms with Gasteiger partial charge in [0.05, 0.1) is 25.2 Å². The highest BCUT2D eigenvalue weighted by Crippen LogP contribution is 2.14. The smallest absolute Gasteiger partial charge is 0.119 e.